The van der Waals surface area contributed by atoms with Crippen molar-refractivity contribution in [1.29, 1.82) is 0 Å². The Morgan fingerprint density at radius 1 is 1.00 bits per heavy atom. The van der Waals surface area contributed by atoms with E-state index in [4.69, 9.17) is 9.05 Å². The molecule has 0 N–H and O–H groups in total. The third kappa shape index (κ3) is 1.82. The summed E-state index contributed by atoms with van der Waals surface area (Å²) >= 11 is 0. The van der Waals surface area contributed by atoms with Crippen molar-refractivity contribution in [3.63, 3.8) is 0 Å². The van der Waals surface area contributed by atoms with Crippen LogP contribution in [0.4, 0.5) is 0 Å². The second-order valence-corrected chi connectivity index (χ2v) is 3.61. The highest BCUT2D eigenvalue weighted by Gasteiger charge is 2.13. The Bertz CT molecular complexity index is 628. The van der Waals surface area contributed by atoms with Crippen molar-refractivity contribution in [2.24, 2.45) is 0 Å². The van der Waals surface area contributed by atoms with E-state index in [1.807, 2.05) is 37.3 Å². The smallest absolute Gasteiger partial charge is 0.258 e. The molecule has 0 aliphatic heterocycles. The Labute approximate surface area is 97.1 Å². The van der Waals surface area contributed by atoms with Crippen LogP contribution in [0.3, 0.4) is 0 Å². The average Bonchev–Trinajstić information content (AvgIpc) is 2.98. The summed E-state index contributed by atoms with van der Waals surface area (Å²) in [6.07, 6.45) is 0. The molecule has 2 aromatic heterocycles. The maximum atomic E-state index is 5.17. The minimum atomic E-state index is 0.431. The molecule has 0 saturated carbocycles. The van der Waals surface area contributed by atoms with Crippen molar-refractivity contribution < 1.29 is 9.05 Å². The average molecular weight is 227 g/mol. The van der Waals surface area contributed by atoms with Crippen molar-refractivity contribution in [2.45, 2.75) is 6.92 Å². The van der Waals surface area contributed by atoms with Crippen LogP contribution in [0.25, 0.3) is 23.0 Å². The van der Waals surface area contributed by atoms with Crippen LogP contribution in [0.15, 0.2) is 45.4 Å². The van der Waals surface area contributed by atoms with Gasteiger partial charge in [0, 0.05) is 11.6 Å². The molecule has 3 rings (SSSR count). The number of benzene rings is 1. The fraction of sp³-hybridized carbons (Fsp3) is 0.0833. The molecule has 0 unspecified atom stereocenters. The zero-order valence-corrected chi connectivity index (χ0v) is 9.12. The van der Waals surface area contributed by atoms with Crippen LogP contribution in [0, 0.1) is 6.92 Å². The molecular weight excluding hydrogens is 218 g/mol. The lowest BCUT2D eigenvalue weighted by Crippen LogP contribution is -1.80. The summed E-state index contributed by atoms with van der Waals surface area (Å²) in [6.45, 7) is 1.81. The van der Waals surface area contributed by atoms with E-state index in [1.54, 1.807) is 6.07 Å². The van der Waals surface area contributed by atoms with Crippen LogP contribution >= 0.6 is 0 Å². The van der Waals surface area contributed by atoms with Crippen LogP contribution < -0.4 is 0 Å². The topological polar surface area (TPSA) is 65.0 Å². The second kappa shape index (κ2) is 3.86. The summed E-state index contributed by atoms with van der Waals surface area (Å²) in [5.74, 6) is 1.62. The molecule has 3 aromatic rings. The number of aryl methyl sites for hydroxylation is 1. The molecule has 0 fully saturated rings. The van der Waals surface area contributed by atoms with E-state index in [2.05, 4.69) is 15.3 Å². The Morgan fingerprint density at radius 3 is 2.53 bits per heavy atom. The van der Waals surface area contributed by atoms with Gasteiger partial charge < -0.3 is 9.05 Å². The highest BCUT2D eigenvalue weighted by Crippen LogP contribution is 2.21. The highest BCUT2D eigenvalue weighted by atomic mass is 16.5. The van der Waals surface area contributed by atoms with Gasteiger partial charge in [-0.2, -0.15) is 4.98 Å². The first-order chi connectivity index (χ1) is 8.33. The molecule has 0 saturated heterocycles. The van der Waals surface area contributed by atoms with Crippen LogP contribution in [-0.2, 0) is 0 Å². The first-order valence-electron chi connectivity index (χ1n) is 5.16. The van der Waals surface area contributed by atoms with Gasteiger partial charge in [-0.15, -0.1) is 0 Å². The van der Waals surface area contributed by atoms with Crippen LogP contribution in [-0.4, -0.2) is 15.3 Å². The summed E-state index contributed by atoms with van der Waals surface area (Å²) in [5.41, 5.74) is 1.46. The zero-order chi connectivity index (χ0) is 11.7. The van der Waals surface area contributed by atoms with Gasteiger partial charge in [0.05, 0.1) is 0 Å². The van der Waals surface area contributed by atoms with E-state index in [0.717, 1.165) is 5.56 Å². The van der Waals surface area contributed by atoms with Crippen LogP contribution in [0.2, 0.25) is 0 Å². The monoisotopic (exact) mass is 227 g/mol. The lowest BCUT2D eigenvalue weighted by molar-refractivity contribution is 0.397. The Morgan fingerprint density at radius 2 is 1.82 bits per heavy atom. The van der Waals surface area contributed by atoms with Gasteiger partial charge in [0.15, 0.2) is 5.69 Å². The van der Waals surface area contributed by atoms with Crippen LogP contribution in [0.5, 0.6) is 0 Å². The first-order valence-corrected chi connectivity index (χ1v) is 5.16. The second-order valence-electron chi connectivity index (χ2n) is 3.61. The summed E-state index contributed by atoms with van der Waals surface area (Å²) in [6, 6.07) is 11.3. The van der Waals surface area contributed by atoms with Gasteiger partial charge >= 0.3 is 0 Å². The Kier molecular flexibility index (Phi) is 2.22. The molecule has 0 atom stereocenters. The van der Waals surface area contributed by atoms with Gasteiger partial charge in [-0.1, -0.05) is 28.5 Å². The normalized spacial score (nSPS) is 10.6. The molecule has 0 aliphatic rings. The van der Waals surface area contributed by atoms with E-state index in [-0.39, 0.29) is 0 Å². The first kappa shape index (κ1) is 9.77. The van der Waals surface area contributed by atoms with Crippen molar-refractivity contribution >= 4 is 0 Å². The molecule has 5 nitrogen and oxygen atoms in total. The molecule has 0 amide bonds. The minimum absolute atomic E-state index is 0.431. The largest absolute Gasteiger partial charge is 0.361 e. The molecular formula is C12H9N3O2. The zero-order valence-electron chi connectivity index (χ0n) is 9.12. The number of hydrogen-bond donors (Lipinski definition) is 0. The van der Waals surface area contributed by atoms with Crippen LogP contribution in [0.1, 0.15) is 5.76 Å². The van der Waals surface area contributed by atoms with Gasteiger partial charge in [0.25, 0.3) is 5.89 Å². The molecule has 0 radical (unpaired) electrons. The molecule has 1 aromatic carbocycles. The SMILES string of the molecule is Cc1cc(-c2noc(-c3ccccc3)n2)no1. The van der Waals surface area contributed by atoms with Crippen molar-refractivity contribution in [1.82, 2.24) is 15.3 Å². The van der Waals surface area contributed by atoms with Gasteiger partial charge in [-0.05, 0) is 19.1 Å². The van der Waals surface area contributed by atoms with E-state index < -0.39 is 0 Å². The molecule has 5 heteroatoms. The quantitative estimate of drug-likeness (QED) is 0.673. The summed E-state index contributed by atoms with van der Waals surface area (Å²) in [4.78, 5) is 4.26. The predicted octanol–water partition coefficient (Wildman–Crippen LogP) is 2.70. The van der Waals surface area contributed by atoms with Crippen molar-refractivity contribution in [3.8, 4) is 23.0 Å². The number of aromatic nitrogens is 3. The molecule has 0 spiro atoms. The maximum Gasteiger partial charge on any atom is 0.258 e. The molecule has 2 heterocycles. The molecule has 84 valence electrons. The maximum absolute atomic E-state index is 5.17. The fourth-order valence-corrected chi connectivity index (χ4v) is 1.50. The van der Waals surface area contributed by atoms with E-state index in [1.165, 1.54) is 0 Å². The summed E-state index contributed by atoms with van der Waals surface area (Å²) in [5, 5.41) is 7.70. The van der Waals surface area contributed by atoms with E-state index >= 15 is 0 Å². The van der Waals surface area contributed by atoms with E-state index in [0.29, 0.717) is 23.2 Å². The summed E-state index contributed by atoms with van der Waals surface area (Å²) in [7, 11) is 0. The van der Waals surface area contributed by atoms with Gasteiger partial charge in [0.2, 0.25) is 5.82 Å². The third-order valence-corrected chi connectivity index (χ3v) is 2.30. The molecule has 0 bridgehead atoms. The van der Waals surface area contributed by atoms with Gasteiger partial charge in [0.1, 0.15) is 5.76 Å². The lowest BCUT2D eigenvalue weighted by atomic mass is 10.2. The Balaban J connectivity index is 1.99. The van der Waals surface area contributed by atoms with Gasteiger partial charge in [-0.3, -0.25) is 0 Å². The predicted molar refractivity (Wildman–Crippen MR) is 60.0 cm³/mol. The van der Waals surface area contributed by atoms with Gasteiger partial charge in [-0.25, -0.2) is 0 Å². The standard InChI is InChI=1S/C12H9N3O2/c1-8-7-10(14-16-8)11-13-12(17-15-11)9-5-3-2-4-6-9/h2-7H,1H3. The highest BCUT2D eigenvalue weighted by molar-refractivity contribution is 5.56. The molecule has 17 heavy (non-hydrogen) atoms. The third-order valence-electron chi connectivity index (χ3n) is 2.30. The van der Waals surface area contributed by atoms with Crippen molar-refractivity contribution in [3.05, 3.63) is 42.2 Å². The number of hydrogen-bond acceptors (Lipinski definition) is 5. The van der Waals surface area contributed by atoms with E-state index in [9.17, 15) is 0 Å². The van der Waals surface area contributed by atoms with Crippen molar-refractivity contribution in [2.75, 3.05) is 0 Å². The number of nitrogens with zero attached hydrogens (tertiary/aromatic N) is 3. The lowest BCUT2D eigenvalue weighted by Gasteiger charge is -1.89. The number of rotatable bonds is 2. The summed E-state index contributed by atoms with van der Waals surface area (Å²) < 4.78 is 10.1. The fourth-order valence-electron chi connectivity index (χ4n) is 1.50. The Hall–Kier alpha value is -2.43. The minimum Gasteiger partial charge on any atom is -0.361 e. The molecule has 0 aliphatic carbocycles.